The number of hydrogen-bond acceptors (Lipinski definition) is 5. The minimum atomic E-state index is -0.369. The van der Waals surface area contributed by atoms with E-state index in [-0.39, 0.29) is 35.0 Å². The number of halogens is 1. The minimum Gasteiger partial charge on any atom is -0.366 e. The van der Waals surface area contributed by atoms with E-state index >= 15 is 0 Å². The molecule has 1 atom stereocenters. The fourth-order valence-electron chi connectivity index (χ4n) is 3.79. The first kappa shape index (κ1) is 20.5. The fourth-order valence-corrected chi connectivity index (χ4v) is 3.79. The molecule has 0 saturated carbocycles. The summed E-state index contributed by atoms with van der Waals surface area (Å²) in [6.45, 7) is 6.09. The summed E-state index contributed by atoms with van der Waals surface area (Å²) in [4.78, 5) is 28.1. The lowest BCUT2D eigenvalue weighted by molar-refractivity contribution is -0.384. The van der Waals surface area contributed by atoms with Gasteiger partial charge in [0.2, 0.25) is 0 Å². The Balaban J connectivity index is 0.00000243. The van der Waals surface area contributed by atoms with Crippen LogP contribution < -0.4 is 10.2 Å². The first-order valence-corrected chi connectivity index (χ1v) is 9.17. The van der Waals surface area contributed by atoms with Gasteiger partial charge in [0.05, 0.1) is 4.92 Å². The van der Waals surface area contributed by atoms with Gasteiger partial charge in [-0.1, -0.05) is 6.92 Å². The molecule has 2 heterocycles. The van der Waals surface area contributed by atoms with Crippen LogP contribution in [0.3, 0.4) is 0 Å². The van der Waals surface area contributed by atoms with E-state index in [4.69, 9.17) is 0 Å². The van der Waals surface area contributed by atoms with Crippen molar-refractivity contribution in [1.82, 2.24) is 10.2 Å². The van der Waals surface area contributed by atoms with Gasteiger partial charge in [0.15, 0.2) is 0 Å². The van der Waals surface area contributed by atoms with Gasteiger partial charge in [0, 0.05) is 43.9 Å². The topological polar surface area (TPSA) is 78.7 Å². The van der Waals surface area contributed by atoms with Crippen LogP contribution in [0.4, 0.5) is 11.4 Å². The van der Waals surface area contributed by atoms with Crippen molar-refractivity contribution >= 4 is 29.7 Å². The highest BCUT2D eigenvalue weighted by Gasteiger charge is 2.29. The second-order valence-electron chi connectivity index (χ2n) is 6.80. The maximum absolute atomic E-state index is 13.0. The molecule has 1 aromatic rings. The maximum atomic E-state index is 13.0. The quantitative estimate of drug-likeness (QED) is 0.604. The third kappa shape index (κ3) is 4.27. The van der Waals surface area contributed by atoms with E-state index in [0.717, 1.165) is 51.9 Å². The molecule has 1 unspecified atom stereocenters. The molecular formula is C18H27ClN4O3. The second-order valence-corrected chi connectivity index (χ2v) is 6.80. The zero-order valence-corrected chi connectivity index (χ0v) is 16.0. The number of nitrogens with one attached hydrogen (secondary N) is 1. The van der Waals surface area contributed by atoms with E-state index in [0.29, 0.717) is 17.8 Å². The average Bonchev–Trinajstić information content (AvgIpc) is 3.32. The Labute approximate surface area is 160 Å². The average molecular weight is 383 g/mol. The summed E-state index contributed by atoms with van der Waals surface area (Å²) < 4.78 is 0. The normalized spacial score (nSPS) is 19.3. The molecule has 7 nitrogen and oxygen atoms in total. The first-order chi connectivity index (χ1) is 12.1. The highest BCUT2D eigenvalue weighted by molar-refractivity contribution is 5.96. The van der Waals surface area contributed by atoms with E-state index < -0.39 is 0 Å². The number of anilines is 1. The molecule has 26 heavy (non-hydrogen) atoms. The molecule has 1 N–H and O–H groups in total. The summed E-state index contributed by atoms with van der Waals surface area (Å²) in [5.41, 5.74) is 1.08. The molecule has 2 aliphatic heterocycles. The number of carbonyl (C=O) groups excluding carboxylic acids is 1. The molecule has 8 heteroatoms. The summed E-state index contributed by atoms with van der Waals surface area (Å²) in [6.07, 6.45) is 3.91. The highest BCUT2D eigenvalue weighted by Crippen LogP contribution is 2.32. The zero-order chi connectivity index (χ0) is 17.8. The molecule has 0 bridgehead atoms. The molecule has 144 valence electrons. The Kier molecular flexibility index (Phi) is 7.23. The number of hydrogen-bond donors (Lipinski definition) is 1. The van der Waals surface area contributed by atoms with Crippen molar-refractivity contribution in [2.45, 2.75) is 38.6 Å². The van der Waals surface area contributed by atoms with Crippen LogP contribution in [0.1, 0.15) is 43.0 Å². The van der Waals surface area contributed by atoms with Crippen LogP contribution in [0.2, 0.25) is 0 Å². The van der Waals surface area contributed by atoms with Crippen molar-refractivity contribution in [2.75, 3.05) is 37.6 Å². The molecule has 1 amide bonds. The van der Waals surface area contributed by atoms with Crippen molar-refractivity contribution in [1.29, 1.82) is 0 Å². The largest absolute Gasteiger partial charge is 0.366 e. The number of rotatable bonds is 6. The summed E-state index contributed by atoms with van der Waals surface area (Å²) in [5, 5.41) is 14.8. The van der Waals surface area contributed by atoms with Crippen LogP contribution in [0.25, 0.3) is 0 Å². The molecule has 0 aromatic heterocycles. The van der Waals surface area contributed by atoms with Gasteiger partial charge < -0.3 is 15.1 Å². The predicted octanol–water partition coefficient (Wildman–Crippen LogP) is 2.83. The van der Waals surface area contributed by atoms with E-state index in [1.807, 2.05) is 16.7 Å². The first-order valence-electron chi connectivity index (χ1n) is 9.17. The van der Waals surface area contributed by atoms with Crippen LogP contribution in [-0.2, 0) is 0 Å². The van der Waals surface area contributed by atoms with Gasteiger partial charge in [0.25, 0.3) is 11.6 Å². The molecule has 0 radical (unpaired) electrons. The Bertz CT molecular complexity index is 643. The van der Waals surface area contributed by atoms with Crippen LogP contribution in [0, 0.1) is 10.1 Å². The standard InChI is InChI=1S/C18H26N4O3.ClH/c1-2-9-21(15-7-8-19-13-15)18(23)14-5-6-16(17(12-14)22(24)25)20-10-3-4-11-20;/h5-6,12,15,19H,2-4,7-11,13H2,1H3;1H. The van der Waals surface area contributed by atoms with Crippen molar-refractivity contribution in [3.05, 3.63) is 33.9 Å². The zero-order valence-electron chi connectivity index (χ0n) is 15.1. The predicted molar refractivity (Wildman–Crippen MR) is 104 cm³/mol. The van der Waals surface area contributed by atoms with Gasteiger partial charge in [-0.3, -0.25) is 14.9 Å². The fraction of sp³-hybridized carbons (Fsp3) is 0.611. The van der Waals surface area contributed by atoms with Crippen LogP contribution in [0.5, 0.6) is 0 Å². The van der Waals surface area contributed by atoms with Gasteiger partial charge in [0.1, 0.15) is 5.69 Å². The van der Waals surface area contributed by atoms with E-state index in [2.05, 4.69) is 5.32 Å². The molecule has 2 fully saturated rings. The number of nitrogens with zero attached hydrogens (tertiary/aromatic N) is 3. The van der Waals surface area contributed by atoms with Gasteiger partial charge in [-0.15, -0.1) is 12.4 Å². The summed E-state index contributed by atoms with van der Waals surface area (Å²) in [7, 11) is 0. The molecular weight excluding hydrogens is 356 g/mol. The smallest absolute Gasteiger partial charge is 0.293 e. The number of carbonyl (C=O) groups is 1. The highest BCUT2D eigenvalue weighted by atomic mass is 35.5. The van der Waals surface area contributed by atoms with Crippen LogP contribution in [0.15, 0.2) is 18.2 Å². The van der Waals surface area contributed by atoms with Crippen LogP contribution in [-0.4, -0.2) is 54.5 Å². The Morgan fingerprint density at radius 1 is 1.38 bits per heavy atom. The van der Waals surface area contributed by atoms with Gasteiger partial charge in [-0.05, 0) is 44.4 Å². The monoisotopic (exact) mass is 382 g/mol. The molecule has 0 aliphatic carbocycles. The summed E-state index contributed by atoms with van der Waals surface area (Å²) in [5.74, 6) is -0.105. The Morgan fingerprint density at radius 3 is 2.69 bits per heavy atom. The van der Waals surface area contributed by atoms with Crippen molar-refractivity contribution in [3.8, 4) is 0 Å². The lowest BCUT2D eigenvalue weighted by Crippen LogP contribution is -2.42. The lowest BCUT2D eigenvalue weighted by atomic mass is 10.1. The van der Waals surface area contributed by atoms with E-state index in [1.54, 1.807) is 12.1 Å². The second kappa shape index (κ2) is 9.19. The third-order valence-electron chi connectivity index (χ3n) is 5.07. The van der Waals surface area contributed by atoms with Crippen LogP contribution >= 0.6 is 12.4 Å². The molecule has 1 aromatic carbocycles. The van der Waals surface area contributed by atoms with Crippen molar-refractivity contribution in [3.63, 3.8) is 0 Å². The third-order valence-corrected chi connectivity index (χ3v) is 5.07. The molecule has 2 aliphatic rings. The molecule has 2 saturated heterocycles. The SMILES string of the molecule is CCCN(C(=O)c1ccc(N2CCCC2)c([N+](=O)[O-])c1)C1CCNC1.Cl. The van der Waals surface area contributed by atoms with E-state index in [1.165, 1.54) is 6.07 Å². The summed E-state index contributed by atoms with van der Waals surface area (Å²) >= 11 is 0. The van der Waals surface area contributed by atoms with Gasteiger partial charge in [-0.25, -0.2) is 0 Å². The minimum absolute atomic E-state index is 0. The number of nitro benzene ring substituents is 1. The maximum Gasteiger partial charge on any atom is 0.293 e. The number of amides is 1. The number of nitro groups is 1. The Hall–Kier alpha value is -1.86. The molecule has 0 spiro atoms. The van der Waals surface area contributed by atoms with Gasteiger partial charge in [-0.2, -0.15) is 0 Å². The molecule has 3 rings (SSSR count). The Morgan fingerprint density at radius 2 is 2.12 bits per heavy atom. The summed E-state index contributed by atoms with van der Waals surface area (Å²) in [6, 6.07) is 5.12. The van der Waals surface area contributed by atoms with Crippen molar-refractivity contribution < 1.29 is 9.72 Å². The number of benzene rings is 1. The lowest BCUT2D eigenvalue weighted by Gasteiger charge is -2.28. The van der Waals surface area contributed by atoms with E-state index in [9.17, 15) is 14.9 Å². The van der Waals surface area contributed by atoms with Crippen molar-refractivity contribution in [2.24, 2.45) is 0 Å². The van der Waals surface area contributed by atoms with Gasteiger partial charge >= 0.3 is 0 Å².